The van der Waals surface area contributed by atoms with Crippen LogP contribution in [0.3, 0.4) is 0 Å². The van der Waals surface area contributed by atoms with Crippen LogP contribution in [-0.2, 0) is 9.59 Å². The topological polar surface area (TPSA) is 49.4 Å². The lowest BCUT2D eigenvalue weighted by Gasteiger charge is -2.22. The molecular weight excluding hydrogens is 240 g/mol. The number of likely N-dealkylation sites (tertiary alicyclic amines) is 1. The molecule has 0 aromatic carbocycles. The normalized spacial score (nSPS) is 18.3. The molecule has 0 aliphatic carbocycles. The van der Waals surface area contributed by atoms with Crippen LogP contribution in [0.2, 0.25) is 0 Å². The molecule has 1 rings (SSSR count). The molecule has 0 spiro atoms. The minimum Gasteiger partial charge on any atom is -0.352 e. The van der Waals surface area contributed by atoms with Crippen molar-refractivity contribution in [1.29, 1.82) is 0 Å². The van der Waals surface area contributed by atoms with Crippen LogP contribution in [0.4, 0.5) is 0 Å². The van der Waals surface area contributed by atoms with E-state index in [1.54, 1.807) is 4.90 Å². The second-order valence-electron chi connectivity index (χ2n) is 6.07. The van der Waals surface area contributed by atoms with Crippen molar-refractivity contribution in [3.8, 4) is 0 Å². The van der Waals surface area contributed by atoms with Crippen LogP contribution in [0.5, 0.6) is 0 Å². The van der Waals surface area contributed by atoms with Gasteiger partial charge in [-0.15, -0.1) is 0 Å². The first-order valence-corrected chi connectivity index (χ1v) is 7.56. The highest BCUT2D eigenvalue weighted by Crippen LogP contribution is 2.11. The quantitative estimate of drug-likeness (QED) is 0.804. The fraction of sp³-hybridized carbons (Fsp3) is 0.867. The Hall–Kier alpha value is -1.06. The predicted octanol–water partition coefficient (Wildman–Crippen LogP) is 2.33. The van der Waals surface area contributed by atoms with Crippen LogP contribution in [0, 0.1) is 5.92 Å². The Morgan fingerprint density at radius 1 is 1.21 bits per heavy atom. The number of amides is 2. The maximum Gasteiger partial charge on any atom is 0.239 e. The smallest absolute Gasteiger partial charge is 0.239 e. The van der Waals surface area contributed by atoms with Gasteiger partial charge in [-0.1, -0.05) is 20.3 Å². The van der Waals surface area contributed by atoms with E-state index in [4.69, 9.17) is 0 Å². The standard InChI is InChI=1S/C15H28N2O2/c1-12(2)8-9-13(3)16-14(18)11-17-10-6-4-5-7-15(17)19/h12-13H,4-11H2,1-3H3,(H,16,18). The van der Waals surface area contributed by atoms with Crippen LogP contribution < -0.4 is 5.32 Å². The van der Waals surface area contributed by atoms with Crippen LogP contribution in [-0.4, -0.2) is 35.8 Å². The second-order valence-corrected chi connectivity index (χ2v) is 6.07. The number of nitrogens with one attached hydrogen (secondary N) is 1. The van der Waals surface area contributed by atoms with Gasteiger partial charge in [-0.25, -0.2) is 0 Å². The molecule has 1 saturated heterocycles. The average Bonchev–Trinajstić information content (AvgIpc) is 2.52. The van der Waals surface area contributed by atoms with Crippen LogP contribution in [0.25, 0.3) is 0 Å². The maximum atomic E-state index is 11.9. The zero-order chi connectivity index (χ0) is 14.3. The van der Waals surface area contributed by atoms with Gasteiger partial charge in [0.1, 0.15) is 0 Å². The molecule has 110 valence electrons. The third kappa shape index (κ3) is 6.60. The van der Waals surface area contributed by atoms with Crippen molar-refractivity contribution >= 4 is 11.8 Å². The van der Waals surface area contributed by atoms with E-state index in [0.29, 0.717) is 12.3 Å². The number of carbonyl (C=O) groups excluding carboxylic acids is 2. The second kappa shape index (κ2) is 8.18. The van der Waals surface area contributed by atoms with E-state index in [-0.39, 0.29) is 24.4 Å². The molecule has 0 bridgehead atoms. The van der Waals surface area contributed by atoms with Gasteiger partial charge < -0.3 is 10.2 Å². The first kappa shape index (κ1) is 16.0. The third-order valence-electron chi connectivity index (χ3n) is 3.59. The highest BCUT2D eigenvalue weighted by atomic mass is 16.2. The van der Waals surface area contributed by atoms with E-state index < -0.39 is 0 Å². The summed E-state index contributed by atoms with van der Waals surface area (Å²) in [6.45, 7) is 7.36. The lowest BCUT2D eigenvalue weighted by molar-refractivity contribution is -0.135. The molecule has 19 heavy (non-hydrogen) atoms. The molecule has 1 N–H and O–H groups in total. The Morgan fingerprint density at radius 2 is 1.95 bits per heavy atom. The summed E-state index contributed by atoms with van der Waals surface area (Å²) < 4.78 is 0. The lowest BCUT2D eigenvalue weighted by Crippen LogP contribution is -2.43. The average molecular weight is 268 g/mol. The Balaban J connectivity index is 2.31. The molecule has 4 nitrogen and oxygen atoms in total. The van der Waals surface area contributed by atoms with Gasteiger partial charge in [0.2, 0.25) is 11.8 Å². The Bertz CT molecular complexity index is 303. The fourth-order valence-electron chi connectivity index (χ4n) is 2.36. The molecule has 1 heterocycles. The first-order chi connectivity index (χ1) is 8.99. The highest BCUT2D eigenvalue weighted by molar-refractivity contribution is 5.85. The summed E-state index contributed by atoms with van der Waals surface area (Å²) in [5, 5.41) is 2.99. The summed E-state index contributed by atoms with van der Waals surface area (Å²) >= 11 is 0. The number of rotatable bonds is 6. The molecule has 1 fully saturated rings. The summed E-state index contributed by atoms with van der Waals surface area (Å²) in [4.78, 5) is 25.4. The number of nitrogens with zero attached hydrogens (tertiary/aromatic N) is 1. The molecule has 0 radical (unpaired) electrons. The fourth-order valence-corrected chi connectivity index (χ4v) is 2.36. The lowest BCUT2D eigenvalue weighted by atomic mass is 10.0. The largest absolute Gasteiger partial charge is 0.352 e. The van der Waals surface area contributed by atoms with Crippen molar-refractivity contribution < 1.29 is 9.59 Å². The number of hydrogen-bond donors (Lipinski definition) is 1. The zero-order valence-electron chi connectivity index (χ0n) is 12.6. The Labute approximate surface area is 116 Å². The monoisotopic (exact) mass is 268 g/mol. The predicted molar refractivity (Wildman–Crippen MR) is 76.7 cm³/mol. The van der Waals surface area contributed by atoms with Gasteiger partial charge in [0.15, 0.2) is 0 Å². The molecule has 0 aromatic rings. The van der Waals surface area contributed by atoms with Crippen molar-refractivity contribution in [2.24, 2.45) is 5.92 Å². The van der Waals surface area contributed by atoms with Gasteiger partial charge in [0, 0.05) is 19.0 Å². The van der Waals surface area contributed by atoms with E-state index in [0.717, 1.165) is 38.6 Å². The Morgan fingerprint density at radius 3 is 2.63 bits per heavy atom. The molecular formula is C15H28N2O2. The third-order valence-corrected chi connectivity index (χ3v) is 3.59. The minimum absolute atomic E-state index is 0.0218. The van der Waals surface area contributed by atoms with Gasteiger partial charge in [-0.05, 0) is 38.5 Å². The Kier molecular flexibility index (Phi) is 6.89. The number of hydrogen-bond acceptors (Lipinski definition) is 2. The maximum absolute atomic E-state index is 11.9. The zero-order valence-corrected chi connectivity index (χ0v) is 12.6. The number of carbonyl (C=O) groups is 2. The van der Waals surface area contributed by atoms with E-state index in [1.165, 1.54) is 0 Å². The van der Waals surface area contributed by atoms with Gasteiger partial charge >= 0.3 is 0 Å². The van der Waals surface area contributed by atoms with Gasteiger partial charge in [0.25, 0.3) is 0 Å². The van der Waals surface area contributed by atoms with Crippen molar-refractivity contribution in [1.82, 2.24) is 10.2 Å². The molecule has 4 heteroatoms. The molecule has 1 aliphatic rings. The summed E-state index contributed by atoms with van der Waals surface area (Å²) in [6, 6.07) is 0.192. The molecule has 1 unspecified atom stereocenters. The minimum atomic E-state index is -0.0218. The van der Waals surface area contributed by atoms with Crippen LogP contribution in [0.15, 0.2) is 0 Å². The summed E-state index contributed by atoms with van der Waals surface area (Å²) in [7, 11) is 0. The summed E-state index contributed by atoms with van der Waals surface area (Å²) in [5.74, 6) is 0.764. The molecule has 0 saturated carbocycles. The van der Waals surface area contributed by atoms with Crippen LogP contribution in [0.1, 0.15) is 59.3 Å². The van der Waals surface area contributed by atoms with Crippen molar-refractivity contribution in [2.45, 2.75) is 65.3 Å². The SMILES string of the molecule is CC(C)CCC(C)NC(=O)CN1CCCCCC1=O. The van der Waals surface area contributed by atoms with E-state index >= 15 is 0 Å². The van der Waals surface area contributed by atoms with E-state index in [9.17, 15) is 9.59 Å². The molecule has 1 aliphatic heterocycles. The van der Waals surface area contributed by atoms with Crippen molar-refractivity contribution in [3.63, 3.8) is 0 Å². The van der Waals surface area contributed by atoms with Crippen molar-refractivity contribution in [2.75, 3.05) is 13.1 Å². The van der Waals surface area contributed by atoms with Crippen LogP contribution >= 0.6 is 0 Å². The van der Waals surface area contributed by atoms with E-state index in [1.807, 2.05) is 6.92 Å². The van der Waals surface area contributed by atoms with Gasteiger partial charge in [-0.2, -0.15) is 0 Å². The van der Waals surface area contributed by atoms with Gasteiger partial charge in [0.05, 0.1) is 6.54 Å². The highest BCUT2D eigenvalue weighted by Gasteiger charge is 2.19. The first-order valence-electron chi connectivity index (χ1n) is 7.56. The summed E-state index contributed by atoms with van der Waals surface area (Å²) in [6.07, 6.45) is 5.77. The van der Waals surface area contributed by atoms with Gasteiger partial charge in [-0.3, -0.25) is 9.59 Å². The molecule has 0 aromatic heterocycles. The molecule has 2 amide bonds. The van der Waals surface area contributed by atoms with Crippen molar-refractivity contribution in [3.05, 3.63) is 0 Å². The molecule has 1 atom stereocenters. The summed E-state index contributed by atoms with van der Waals surface area (Å²) in [5.41, 5.74) is 0. The van der Waals surface area contributed by atoms with E-state index in [2.05, 4.69) is 19.2 Å².